The van der Waals surface area contributed by atoms with Gasteiger partial charge < -0.3 is 0 Å². The van der Waals surface area contributed by atoms with Crippen LogP contribution in [-0.4, -0.2) is 0 Å². The molecule has 1 aromatic rings. The van der Waals surface area contributed by atoms with E-state index in [2.05, 4.69) is 27.7 Å². The predicted octanol–water partition coefficient (Wildman–Crippen LogP) is 4.92. The van der Waals surface area contributed by atoms with Crippen molar-refractivity contribution in [2.45, 2.75) is 53.4 Å². The van der Waals surface area contributed by atoms with Gasteiger partial charge in [0.25, 0.3) is 0 Å². The lowest BCUT2D eigenvalue weighted by atomic mass is 10.0. The zero-order chi connectivity index (χ0) is 10.7. The van der Waals surface area contributed by atoms with Crippen molar-refractivity contribution < 1.29 is 0 Å². The van der Waals surface area contributed by atoms with Crippen LogP contribution in [0.1, 0.15) is 49.4 Å². The van der Waals surface area contributed by atoms with Crippen molar-refractivity contribution in [3.05, 3.63) is 21.7 Å². The second-order valence-corrected chi connectivity index (χ2v) is 6.20. The van der Waals surface area contributed by atoms with Gasteiger partial charge in [-0.1, -0.05) is 38.9 Å². The Morgan fingerprint density at radius 1 is 0.786 bits per heavy atom. The lowest BCUT2D eigenvalue weighted by Crippen LogP contribution is -1.91. The van der Waals surface area contributed by atoms with Crippen LogP contribution < -0.4 is 0 Å². The minimum Gasteiger partial charge on any atom is -0.0622 e. The summed E-state index contributed by atoms with van der Waals surface area (Å²) in [4.78, 5) is 0. The fourth-order valence-corrected chi connectivity index (χ4v) is 5.56. The molecule has 0 nitrogen and oxygen atoms in total. The molecule has 0 N–H and O–H groups in total. The summed E-state index contributed by atoms with van der Waals surface area (Å²) in [5.74, 6) is 0. The SMILES string of the molecule is CCc1c(CC)c(CC)p(Cl)c1CC. The molecule has 0 atom stereocenters. The Morgan fingerprint density at radius 3 is 1.36 bits per heavy atom. The highest BCUT2D eigenvalue weighted by molar-refractivity contribution is 7.78. The van der Waals surface area contributed by atoms with Gasteiger partial charge in [-0.05, 0) is 54.3 Å². The Balaban J connectivity index is 3.37. The summed E-state index contributed by atoms with van der Waals surface area (Å²) in [5.41, 5.74) is 3.15. The molecular formula is C12H20ClP. The monoisotopic (exact) mass is 230 g/mol. The highest BCUT2D eigenvalue weighted by atomic mass is 35.7. The predicted molar refractivity (Wildman–Crippen MR) is 67.9 cm³/mol. The molecule has 1 aromatic heterocycles. The minimum atomic E-state index is -0.451. The van der Waals surface area contributed by atoms with Crippen LogP contribution in [0.4, 0.5) is 0 Å². The van der Waals surface area contributed by atoms with E-state index < -0.39 is 6.89 Å². The molecule has 14 heavy (non-hydrogen) atoms. The van der Waals surface area contributed by atoms with Crippen molar-refractivity contribution >= 4 is 18.1 Å². The van der Waals surface area contributed by atoms with Crippen molar-refractivity contribution in [3.8, 4) is 0 Å². The van der Waals surface area contributed by atoms with E-state index in [0.29, 0.717) is 0 Å². The number of rotatable bonds is 4. The van der Waals surface area contributed by atoms with Gasteiger partial charge in [-0.2, -0.15) is 0 Å². The Morgan fingerprint density at radius 2 is 1.14 bits per heavy atom. The molecule has 2 heteroatoms. The minimum absolute atomic E-state index is 0.451. The summed E-state index contributed by atoms with van der Waals surface area (Å²) in [6, 6.07) is 0. The highest BCUT2D eigenvalue weighted by Crippen LogP contribution is 2.49. The third kappa shape index (κ3) is 1.88. The molecule has 0 radical (unpaired) electrons. The van der Waals surface area contributed by atoms with Crippen LogP contribution in [0.2, 0.25) is 0 Å². The van der Waals surface area contributed by atoms with Gasteiger partial charge in [0, 0.05) is 0 Å². The number of halogens is 1. The van der Waals surface area contributed by atoms with E-state index in [1.165, 1.54) is 10.6 Å². The summed E-state index contributed by atoms with van der Waals surface area (Å²) in [5, 5.41) is 3.08. The fourth-order valence-electron chi connectivity index (χ4n) is 2.29. The quantitative estimate of drug-likeness (QED) is 0.688. The summed E-state index contributed by atoms with van der Waals surface area (Å²) in [6.45, 7) is 8.51. The van der Waals surface area contributed by atoms with E-state index in [-0.39, 0.29) is 0 Å². The van der Waals surface area contributed by atoms with Gasteiger partial charge in [0.05, 0.1) is 0 Å². The average Bonchev–Trinajstić information content (AvgIpc) is 2.48. The van der Waals surface area contributed by atoms with E-state index in [9.17, 15) is 0 Å². The first-order valence-corrected chi connectivity index (χ1v) is 7.86. The molecular weight excluding hydrogens is 211 g/mol. The maximum absolute atomic E-state index is 6.54. The molecule has 0 amide bonds. The molecule has 0 saturated carbocycles. The van der Waals surface area contributed by atoms with Crippen LogP contribution >= 0.6 is 18.1 Å². The maximum Gasteiger partial charge on any atom is -0.0103 e. The van der Waals surface area contributed by atoms with Crippen LogP contribution in [0.25, 0.3) is 0 Å². The third-order valence-electron chi connectivity index (χ3n) is 2.91. The Kier molecular flexibility index (Phi) is 4.54. The van der Waals surface area contributed by atoms with E-state index >= 15 is 0 Å². The van der Waals surface area contributed by atoms with Crippen molar-refractivity contribution in [1.82, 2.24) is 0 Å². The molecule has 0 aliphatic carbocycles. The lowest BCUT2D eigenvalue weighted by Gasteiger charge is -2.02. The molecule has 0 bridgehead atoms. The maximum atomic E-state index is 6.54. The van der Waals surface area contributed by atoms with E-state index in [4.69, 9.17) is 11.2 Å². The zero-order valence-corrected chi connectivity index (χ0v) is 11.3. The van der Waals surface area contributed by atoms with E-state index in [1.807, 2.05) is 0 Å². The molecule has 1 heterocycles. The summed E-state index contributed by atoms with van der Waals surface area (Å²) in [7, 11) is 0. The van der Waals surface area contributed by atoms with Gasteiger partial charge in [-0.15, -0.1) is 0 Å². The zero-order valence-electron chi connectivity index (χ0n) is 9.65. The van der Waals surface area contributed by atoms with Crippen LogP contribution in [0.5, 0.6) is 0 Å². The topological polar surface area (TPSA) is 0 Å². The van der Waals surface area contributed by atoms with Gasteiger partial charge in [-0.3, -0.25) is 0 Å². The molecule has 0 aliphatic heterocycles. The van der Waals surface area contributed by atoms with Gasteiger partial charge in [-0.25, -0.2) is 0 Å². The number of hydrogen-bond acceptors (Lipinski definition) is 0. The molecule has 0 saturated heterocycles. The summed E-state index contributed by atoms with van der Waals surface area (Å²) in [6.07, 6.45) is 4.57. The molecule has 0 fully saturated rings. The van der Waals surface area contributed by atoms with E-state index in [1.54, 1.807) is 11.1 Å². The van der Waals surface area contributed by atoms with Crippen LogP contribution in [0, 0.1) is 0 Å². The first-order valence-electron chi connectivity index (χ1n) is 5.61. The number of hydrogen-bond donors (Lipinski definition) is 0. The van der Waals surface area contributed by atoms with Crippen molar-refractivity contribution in [3.63, 3.8) is 0 Å². The first-order chi connectivity index (χ1) is 6.71. The average molecular weight is 231 g/mol. The van der Waals surface area contributed by atoms with Crippen molar-refractivity contribution in [2.75, 3.05) is 0 Å². The van der Waals surface area contributed by atoms with Crippen LogP contribution in [-0.2, 0) is 25.7 Å². The molecule has 1 rings (SSSR count). The Bertz CT molecular complexity index is 283. The van der Waals surface area contributed by atoms with Gasteiger partial charge >= 0.3 is 0 Å². The molecule has 0 aliphatic rings. The summed E-state index contributed by atoms with van der Waals surface area (Å²) < 4.78 is 0. The molecule has 0 unspecified atom stereocenters. The lowest BCUT2D eigenvalue weighted by molar-refractivity contribution is 0.992. The summed E-state index contributed by atoms with van der Waals surface area (Å²) >= 11 is 6.54. The van der Waals surface area contributed by atoms with Crippen molar-refractivity contribution in [1.29, 1.82) is 0 Å². The Hall–Kier alpha value is 0.0700. The largest absolute Gasteiger partial charge is 0.0622 e. The standard InChI is InChI=1S/C12H20ClP/c1-5-9-10(6-2)12(8-4)14(13)11(9)7-3/h5-8H2,1-4H3. The fraction of sp³-hybridized carbons (Fsp3) is 0.667. The van der Waals surface area contributed by atoms with Gasteiger partial charge in [0.2, 0.25) is 0 Å². The Labute approximate surface area is 93.5 Å². The van der Waals surface area contributed by atoms with Crippen molar-refractivity contribution in [2.24, 2.45) is 0 Å². The first kappa shape index (κ1) is 12.1. The second kappa shape index (κ2) is 5.24. The molecule has 0 aromatic carbocycles. The van der Waals surface area contributed by atoms with E-state index in [0.717, 1.165) is 25.7 Å². The highest BCUT2D eigenvalue weighted by Gasteiger charge is 2.17. The normalized spacial score (nSPS) is 10.9. The third-order valence-corrected chi connectivity index (χ3v) is 6.26. The van der Waals surface area contributed by atoms with Crippen LogP contribution in [0.15, 0.2) is 0 Å². The van der Waals surface area contributed by atoms with Gasteiger partial charge in [0.15, 0.2) is 0 Å². The molecule has 80 valence electrons. The van der Waals surface area contributed by atoms with Crippen LogP contribution in [0.3, 0.4) is 0 Å². The smallest absolute Gasteiger partial charge is 0.0103 e. The second-order valence-electron chi connectivity index (χ2n) is 3.55. The van der Waals surface area contributed by atoms with Gasteiger partial charge in [0.1, 0.15) is 0 Å². The molecule has 0 spiro atoms.